The average molecular weight is 337 g/mol. The second kappa shape index (κ2) is 6.32. The molecule has 0 spiro atoms. The fraction of sp³-hybridized carbons (Fsp3) is 0.158. The van der Waals surface area contributed by atoms with E-state index in [0.29, 0.717) is 22.2 Å². The van der Waals surface area contributed by atoms with E-state index in [1.807, 2.05) is 0 Å². The van der Waals surface area contributed by atoms with Crippen LogP contribution >= 0.6 is 0 Å². The third kappa shape index (κ3) is 2.71. The molecule has 0 radical (unpaired) electrons. The Labute approximate surface area is 144 Å². The van der Waals surface area contributed by atoms with Gasteiger partial charge in [0.05, 0.1) is 12.7 Å². The average Bonchev–Trinajstić information content (AvgIpc) is 2.65. The van der Waals surface area contributed by atoms with E-state index < -0.39 is 17.3 Å². The van der Waals surface area contributed by atoms with Crippen LogP contribution in [0.25, 0.3) is 10.8 Å². The van der Waals surface area contributed by atoms with E-state index in [9.17, 15) is 14.7 Å². The zero-order valence-electron chi connectivity index (χ0n) is 14.1. The highest BCUT2D eigenvalue weighted by molar-refractivity contribution is 6.15. The largest absolute Gasteiger partial charge is 0.859 e. The van der Waals surface area contributed by atoms with E-state index in [0.717, 1.165) is 4.57 Å². The first-order valence-electron chi connectivity index (χ1n) is 7.66. The number of hydrogen-bond donors (Lipinski definition) is 0. The molecule has 128 valence electrons. The molecule has 0 saturated heterocycles. The molecule has 0 aliphatic rings. The normalized spacial score (nSPS) is 10.7. The summed E-state index contributed by atoms with van der Waals surface area (Å²) in [5.41, 5.74) is 0.184. The molecule has 25 heavy (non-hydrogen) atoms. The molecule has 0 N–H and O–H groups in total. The molecule has 3 rings (SSSR count). The molecule has 0 aliphatic heterocycles. The number of benzene rings is 2. The van der Waals surface area contributed by atoms with E-state index in [4.69, 9.17) is 4.74 Å². The number of hydrogen-bond acceptors (Lipinski definition) is 4. The topological polar surface area (TPSA) is 74.6 Å². The number of anilines is 1. The van der Waals surface area contributed by atoms with Gasteiger partial charge in [-0.2, -0.15) is 0 Å². The number of fused-ring (bicyclic) bond motifs is 1. The third-order valence-electron chi connectivity index (χ3n) is 4.23. The number of carbonyl (C=O) groups is 1. The van der Waals surface area contributed by atoms with Crippen LogP contribution in [0, 0.1) is 0 Å². The molecular formula is C19H17N2O4-. The van der Waals surface area contributed by atoms with Crippen LogP contribution in [0.3, 0.4) is 0 Å². The van der Waals surface area contributed by atoms with Gasteiger partial charge in [-0.05, 0) is 36.2 Å². The van der Waals surface area contributed by atoms with Crippen LogP contribution in [0.1, 0.15) is 10.4 Å². The molecule has 1 amide bonds. The Morgan fingerprint density at radius 2 is 1.68 bits per heavy atom. The molecule has 6 nitrogen and oxygen atoms in total. The Kier molecular flexibility index (Phi) is 4.19. The quantitative estimate of drug-likeness (QED) is 0.731. The summed E-state index contributed by atoms with van der Waals surface area (Å²) in [6.07, 6.45) is 0. The number of aromatic nitrogens is 1. The predicted molar refractivity (Wildman–Crippen MR) is 94.4 cm³/mol. The summed E-state index contributed by atoms with van der Waals surface area (Å²) in [7, 11) is 4.52. The molecule has 0 atom stereocenters. The molecular weight excluding hydrogens is 320 g/mol. The van der Waals surface area contributed by atoms with Gasteiger partial charge in [-0.3, -0.25) is 9.59 Å². The number of methoxy groups -OCH3 is 1. The van der Waals surface area contributed by atoms with Crippen molar-refractivity contribution in [2.45, 2.75) is 0 Å². The van der Waals surface area contributed by atoms with Crippen molar-refractivity contribution in [3.05, 3.63) is 64.4 Å². The van der Waals surface area contributed by atoms with Gasteiger partial charge >= 0.3 is 0 Å². The fourth-order valence-corrected chi connectivity index (χ4v) is 2.74. The second-order valence-electron chi connectivity index (χ2n) is 5.65. The van der Waals surface area contributed by atoms with Gasteiger partial charge in [-0.1, -0.05) is 18.2 Å². The molecule has 3 aromatic rings. The molecule has 6 heteroatoms. The smallest absolute Gasteiger partial charge is 0.259 e. The van der Waals surface area contributed by atoms with Gasteiger partial charge in [0.1, 0.15) is 5.75 Å². The van der Waals surface area contributed by atoms with Gasteiger partial charge < -0.3 is 19.3 Å². The zero-order chi connectivity index (χ0) is 18.1. The first kappa shape index (κ1) is 16.6. The Balaban J connectivity index is 2.15. The lowest BCUT2D eigenvalue weighted by atomic mass is 10.1. The molecule has 2 aromatic carbocycles. The van der Waals surface area contributed by atoms with Gasteiger partial charge in [0.2, 0.25) is 0 Å². The van der Waals surface area contributed by atoms with Crippen molar-refractivity contribution in [1.29, 1.82) is 0 Å². The van der Waals surface area contributed by atoms with E-state index in [-0.39, 0.29) is 5.56 Å². The summed E-state index contributed by atoms with van der Waals surface area (Å²) < 4.78 is 6.08. The summed E-state index contributed by atoms with van der Waals surface area (Å²) in [4.78, 5) is 26.6. The van der Waals surface area contributed by atoms with Crippen LogP contribution in [-0.2, 0) is 7.05 Å². The fourth-order valence-electron chi connectivity index (χ4n) is 2.74. The first-order chi connectivity index (χ1) is 12.0. The van der Waals surface area contributed by atoms with Crippen molar-refractivity contribution in [1.82, 2.24) is 4.57 Å². The highest BCUT2D eigenvalue weighted by Crippen LogP contribution is 2.26. The number of amides is 1. The summed E-state index contributed by atoms with van der Waals surface area (Å²) in [6.45, 7) is 0. The van der Waals surface area contributed by atoms with Gasteiger partial charge in [-0.25, -0.2) is 0 Å². The number of rotatable bonds is 3. The molecule has 1 aromatic heterocycles. The van der Waals surface area contributed by atoms with E-state index in [2.05, 4.69) is 0 Å². The van der Waals surface area contributed by atoms with E-state index in [1.165, 1.54) is 11.9 Å². The monoisotopic (exact) mass is 337 g/mol. The van der Waals surface area contributed by atoms with Crippen molar-refractivity contribution in [3.63, 3.8) is 0 Å². The van der Waals surface area contributed by atoms with Gasteiger partial charge in [0.25, 0.3) is 11.5 Å². The minimum Gasteiger partial charge on any atom is -0.859 e. The number of carbonyl (C=O) groups excluding carboxylic acids is 1. The summed E-state index contributed by atoms with van der Waals surface area (Å²) in [5, 5.41) is 13.3. The summed E-state index contributed by atoms with van der Waals surface area (Å²) in [5.74, 6) is -0.405. The number of pyridine rings is 1. The number of ether oxygens (including phenoxy) is 1. The maximum atomic E-state index is 13.0. The molecule has 0 bridgehead atoms. The lowest BCUT2D eigenvalue weighted by molar-refractivity contribution is -0.279. The number of nitrogens with zero attached hydrogens (tertiary/aromatic N) is 2. The van der Waals surface area contributed by atoms with Crippen molar-refractivity contribution in [2.24, 2.45) is 7.05 Å². The molecule has 0 unspecified atom stereocenters. The Hall–Kier alpha value is -3.28. The Bertz CT molecular complexity index is 1010. The van der Waals surface area contributed by atoms with Crippen molar-refractivity contribution in [2.75, 3.05) is 19.1 Å². The van der Waals surface area contributed by atoms with Crippen LogP contribution in [0.4, 0.5) is 5.69 Å². The van der Waals surface area contributed by atoms with E-state index in [1.54, 1.807) is 62.7 Å². The molecule has 0 aliphatic carbocycles. The van der Waals surface area contributed by atoms with Crippen molar-refractivity contribution >= 4 is 22.4 Å². The lowest BCUT2D eigenvalue weighted by Gasteiger charge is -2.24. The van der Waals surface area contributed by atoms with Gasteiger partial charge in [-0.15, -0.1) is 0 Å². The summed E-state index contributed by atoms with van der Waals surface area (Å²) in [6, 6.07) is 13.6. The molecule has 0 saturated carbocycles. The van der Waals surface area contributed by atoms with Gasteiger partial charge in [0.15, 0.2) is 0 Å². The predicted octanol–water partition coefficient (Wildman–Crippen LogP) is 1.90. The van der Waals surface area contributed by atoms with Crippen LogP contribution < -0.4 is 20.3 Å². The Morgan fingerprint density at radius 3 is 2.28 bits per heavy atom. The standard InChI is InChI=1S/C19H18N2O4/c1-20(12-8-10-13(25-3)11-9-12)18(23)16-14-6-4-5-7-15(14)17(22)21(2)19(16)24/h4-11,24H,1-3H3/p-1. The van der Waals surface area contributed by atoms with Crippen LogP contribution in [0.15, 0.2) is 53.3 Å². The minimum atomic E-state index is -0.603. The van der Waals surface area contributed by atoms with Gasteiger partial charge in [0, 0.05) is 30.6 Å². The van der Waals surface area contributed by atoms with E-state index >= 15 is 0 Å². The lowest BCUT2D eigenvalue weighted by Crippen LogP contribution is -2.31. The Morgan fingerprint density at radius 1 is 1.08 bits per heavy atom. The maximum absolute atomic E-state index is 13.0. The second-order valence-corrected chi connectivity index (χ2v) is 5.65. The van der Waals surface area contributed by atoms with Crippen molar-refractivity contribution < 1.29 is 14.6 Å². The third-order valence-corrected chi connectivity index (χ3v) is 4.23. The molecule has 0 fully saturated rings. The molecule has 1 heterocycles. The van der Waals surface area contributed by atoms with Crippen LogP contribution in [0.5, 0.6) is 11.6 Å². The van der Waals surface area contributed by atoms with Crippen LogP contribution in [-0.4, -0.2) is 24.6 Å². The van der Waals surface area contributed by atoms with Crippen molar-refractivity contribution in [3.8, 4) is 11.6 Å². The highest BCUT2D eigenvalue weighted by Gasteiger charge is 2.20. The first-order valence-corrected chi connectivity index (χ1v) is 7.66. The summed E-state index contributed by atoms with van der Waals surface area (Å²) >= 11 is 0. The minimum absolute atomic E-state index is 0.0176. The highest BCUT2D eigenvalue weighted by atomic mass is 16.5. The van der Waals surface area contributed by atoms with Crippen LogP contribution in [0.2, 0.25) is 0 Å². The SMILES string of the molecule is COc1ccc(N(C)C(=O)c2c([O-])n(C)c(=O)c3ccccc23)cc1. The zero-order valence-corrected chi connectivity index (χ0v) is 14.1. The maximum Gasteiger partial charge on any atom is 0.259 e.